The minimum absolute atomic E-state index is 0.252. The fraction of sp³-hybridized carbons (Fsp3) is 0.125. The Balaban J connectivity index is 1.57. The first-order valence-electron chi connectivity index (χ1n) is 9.54. The van der Waals surface area contributed by atoms with Crippen LogP contribution in [-0.4, -0.2) is 24.7 Å². The number of anilines is 1. The smallest absolute Gasteiger partial charge is 0.337 e. The molecule has 0 saturated heterocycles. The summed E-state index contributed by atoms with van der Waals surface area (Å²) in [5, 5.41) is 6.28. The summed E-state index contributed by atoms with van der Waals surface area (Å²) < 4.78 is 10.6. The summed E-state index contributed by atoms with van der Waals surface area (Å²) in [7, 11) is 1.34. The van der Waals surface area contributed by atoms with Crippen molar-refractivity contribution in [1.29, 1.82) is 0 Å². The van der Waals surface area contributed by atoms with Crippen LogP contribution in [0, 0.1) is 6.92 Å². The van der Waals surface area contributed by atoms with Crippen molar-refractivity contribution in [3.05, 3.63) is 82.1 Å². The van der Waals surface area contributed by atoms with E-state index in [2.05, 4.69) is 5.10 Å². The lowest BCUT2D eigenvalue weighted by Gasteiger charge is -2.12. The highest BCUT2D eigenvalue weighted by Gasteiger charge is 2.29. The predicted octanol–water partition coefficient (Wildman–Crippen LogP) is 5.50. The van der Waals surface area contributed by atoms with Gasteiger partial charge in [0.05, 0.1) is 29.6 Å². The molecule has 0 spiro atoms. The number of rotatable bonds is 4. The molecule has 0 fully saturated rings. The van der Waals surface area contributed by atoms with Crippen molar-refractivity contribution in [3.63, 3.8) is 0 Å². The van der Waals surface area contributed by atoms with Gasteiger partial charge in [0.15, 0.2) is 0 Å². The van der Waals surface area contributed by atoms with E-state index in [1.165, 1.54) is 12.1 Å². The van der Waals surface area contributed by atoms with E-state index >= 15 is 0 Å². The molecule has 2 heterocycles. The SMILES string of the molecule is COC(=O)c1ccc(-c2ccc(C=C3C(=O)N(c4ccc(C)c(Cl)c4)N=C3C)o2)cc1. The second-order valence-corrected chi connectivity index (χ2v) is 7.47. The van der Waals surface area contributed by atoms with Crippen LogP contribution in [0.25, 0.3) is 17.4 Å². The number of benzene rings is 2. The third-order valence-corrected chi connectivity index (χ3v) is 5.37. The van der Waals surface area contributed by atoms with E-state index in [9.17, 15) is 9.59 Å². The number of nitrogens with zero attached hydrogens (tertiary/aromatic N) is 2. The largest absolute Gasteiger partial charge is 0.465 e. The van der Waals surface area contributed by atoms with Gasteiger partial charge < -0.3 is 9.15 Å². The van der Waals surface area contributed by atoms with Gasteiger partial charge in [0.25, 0.3) is 5.91 Å². The van der Waals surface area contributed by atoms with Crippen LogP contribution in [0.1, 0.15) is 28.6 Å². The molecule has 0 saturated carbocycles. The van der Waals surface area contributed by atoms with Gasteiger partial charge in [-0.25, -0.2) is 4.79 Å². The summed E-state index contributed by atoms with van der Waals surface area (Å²) in [5.74, 6) is 0.488. The van der Waals surface area contributed by atoms with Gasteiger partial charge in [-0.1, -0.05) is 29.8 Å². The average molecular weight is 435 g/mol. The van der Waals surface area contributed by atoms with Gasteiger partial charge in [0, 0.05) is 10.6 Å². The van der Waals surface area contributed by atoms with Crippen molar-refractivity contribution in [2.24, 2.45) is 5.10 Å². The zero-order valence-corrected chi connectivity index (χ0v) is 17.9. The molecule has 1 aromatic heterocycles. The van der Waals surface area contributed by atoms with Gasteiger partial charge in [-0.2, -0.15) is 10.1 Å². The molecule has 0 bridgehead atoms. The van der Waals surface area contributed by atoms with Crippen LogP contribution in [0.3, 0.4) is 0 Å². The lowest BCUT2D eigenvalue weighted by atomic mass is 10.1. The number of hydrogen-bond acceptors (Lipinski definition) is 5. The van der Waals surface area contributed by atoms with Crippen LogP contribution in [0.2, 0.25) is 5.02 Å². The van der Waals surface area contributed by atoms with Crippen molar-refractivity contribution in [2.45, 2.75) is 13.8 Å². The lowest BCUT2D eigenvalue weighted by Crippen LogP contribution is -2.21. The van der Waals surface area contributed by atoms with E-state index in [0.29, 0.717) is 39.1 Å². The number of amides is 1. The number of hydrazone groups is 1. The number of methoxy groups -OCH3 is 1. The van der Waals surface area contributed by atoms with Crippen LogP contribution >= 0.6 is 11.6 Å². The number of halogens is 1. The maximum Gasteiger partial charge on any atom is 0.337 e. The molecule has 1 amide bonds. The van der Waals surface area contributed by atoms with E-state index in [1.54, 1.807) is 49.4 Å². The maximum atomic E-state index is 12.9. The standard InChI is InChI=1S/C24H19ClN2O4/c1-14-4-9-18(12-21(14)25)27-23(28)20(15(2)26-27)13-19-10-11-22(31-19)16-5-7-17(8-6-16)24(29)30-3/h4-13H,1-3H3. The first kappa shape index (κ1) is 20.6. The third-order valence-electron chi connectivity index (χ3n) is 4.97. The molecule has 6 nitrogen and oxygen atoms in total. The second-order valence-electron chi connectivity index (χ2n) is 7.06. The summed E-state index contributed by atoms with van der Waals surface area (Å²) in [4.78, 5) is 24.5. The van der Waals surface area contributed by atoms with Crippen molar-refractivity contribution in [2.75, 3.05) is 12.1 Å². The molecule has 156 valence electrons. The first-order chi connectivity index (χ1) is 14.9. The van der Waals surface area contributed by atoms with E-state index in [1.807, 2.05) is 25.1 Å². The number of ether oxygens (including phenoxy) is 1. The topological polar surface area (TPSA) is 72.1 Å². The number of hydrogen-bond donors (Lipinski definition) is 0. The zero-order valence-electron chi connectivity index (χ0n) is 17.2. The molecule has 31 heavy (non-hydrogen) atoms. The molecule has 0 aliphatic carbocycles. The van der Waals surface area contributed by atoms with Crippen LogP contribution in [0.5, 0.6) is 0 Å². The van der Waals surface area contributed by atoms with Gasteiger partial charge >= 0.3 is 5.97 Å². The number of aryl methyl sites for hydroxylation is 1. The lowest BCUT2D eigenvalue weighted by molar-refractivity contribution is -0.114. The Morgan fingerprint density at radius 1 is 1.10 bits per heavy atom. The number of carbonyl (C=O) groups excluding carboxylic acids is 2. The Labute approximate surface area is 184 Å². The highest BCUT2D eigenvalue weighted by molar-refractivity contribution is 6.33. The Morgan fingerprint density at radius 3 is 2.52 bits per heavy atom. The normalized spacial score (nSPS) is 14.8. The van der Waals surface area contributed by atoms with Crippen molar-refractivity contribution < 1.29 is 18.7 Å². The van der Waals surface area contributed by atoms with E-state index in [-0.39, 0.29) is 5.91 Å². The molecule has 0 atom stereocenters. The van der Waals surface area contributed by atoms with Crippen LogP contribution in [-0.2, 0) is 9.53 Å². The predicted molar refractivity (Wildman–Crippen MR) is 120 cm³/mol. The van der Waals surface area contributed by atoms with Gasteiger partial charge in [0.2, 0.25) is 0 Å². The first-order valence-corrected chi connectivity index (χ1v) is 9.91. The molecule has 0 unspecified atom stereocenters. The van der Waals surface area contributed by atoms with Gasteiger partial charge in [0.1, 0.15) is 11.5 Å². The molecule has 7 heteroatoms. The fourth-order valence-corrected chi connectivity index (χ4v) is 3.36. The van der Waals surface area contributed by atoms with Crippen molar-refractivity contribution in [3.8, 4) is 11.3 Å². The third kappa shape index (κ3) is 4.02. The van der Waals surface area contributed by atoms with Crippen LogP contribution in [0.15, 0.2) is 69.7 Å². The quantitative estimate of drug-likeness (QED) is 0.401. The summed E-state index contributed by atoms with van der Waals surface area (Å²) in [6, 6.07) is 15.9. The maximum absolute atomic E-state index is 12.9. The Morgan fingerprint density at radius 2 is 1.84 bits per heavy atom. The second kappa shape index (κ2) is 8.24. The zero-order chi connectivity index (χ0) is 22.1. The van der Waals surface area contributed by atoms with Crippen molar-refractivity contribution >= 4 is 41.0 Å². The molecule has 1 aliphatic rings. The molecular weight excluding hydrogens is 416 g/mol. The van der Waals surface area contributed by atoms with Gasteiger partial charge in [-0.15, -0.1) is 0 Å². The molecule has 2 aromatic carbocycles. The molecular formula is C24H19ClN2O4. The van der Waals surface area contributed by atoms with E-state index in [4.69, 9.17) is 20.8 Å². The number of carbonyl (C=O) groups is 2. The minimum Gasteiger partial charge on any atom is -0.465 e. The average Bonchev–Trinajstić information content (AvgIpc) is 3.35. The fourth-order valence-electron chi connectivity index (χ4n) is 3.19. The van der Waals surface area contributed by atoms with Crippen LogP contribution < -0.4 is 5.01 Å². The highest BCUT2D eigenvalue weighted by Crippen LogP contribution is 2.30. The molecule has 1 aliphatic heterocycles. The minimum atomic E-state index is -0.398. The Hall–Kier alpha value is -3.64. The summed E-state index contributed by atoms with van der Waals surface area (Å²) in [6.45, 7) is 3.67. The van der Waals surface area contributed by atoms with Crippen molar-refractivity contribution in [1.82, 2.24) is 0 Å². The summed E-state index contributed by atoms with van der Waals surface area (Å²) in [6.07, 6.45) is 1.67. The van der Waals surface area contributed by atoms with Crippen LogP contribution in [0.4, 0.5) is 5.69 Å². The van der Waals surface area contributed by atoms with Gasteiger partial charge in [-0.3, -0.25) is 4.79 Å². The summed E-state index contributed by atoms with van der Waals surface area (Å²) in [5.41, 5.74) is 3.82. The van der Waals surface area contributed by atoms with E-state index in [0.717, 1.165) is 11.1 Å². The highest BCUT2D eigenvalue weighted by atomic mass is 35.5. The molecule has 0 N–H and O–H groups in total. The molecule has 3 aromatic rings. The Bertz CT molecular complexity index is 1240. The Kier molecular flexibility index (Phi) is 5.48. The van der Waals surface area contributed by atoms with E-state index < -0.39 is 5.97 Å². The van der Waals surface area contributed by atoms with Gasteiger partial charge in [-0.05, 0) is 61.9 Å². The number of furan rings is 1. The molecule has 4 rings (SSSR count). The number of esters is 1. The monoisotopic (exact) mass is 434 g/mol. The summed E-state index contributed by atoms with van der Waals surface area (Å²) >= 11 is 6.20. The molecule has 0 radical (unpaired) electrons.